The van der Waals surface area contributed by atoms with Crippen molar-refractivity contribution in [2.45, 2.75) is 0 Å². The van der Waals surface area contributed by atoms with Crippen molar-refractivity contribution in [1.29, 1.82) is 0 Å². The van der Waals surface area contributed by atoms with Crippen LogP contribution < -0.4 is 4.74 Å². The van der Waals surface area contributed by atoms with Crippen LogP contribution in [0.4, 0.5) is 0 Å². The van der Waals surface area contributed by atoms with Gasteiger partial charge in [-0.2, -0.15) is 0 Å². The summed E-state index contributed by atoms with van der Waals surface area (Å²) in [5.41, 5.74) is 1.01. The molecular weight excluding hydrogens is 351 g/mol. The van der Waals surface area contributed by atoms with Gasteiger partial charge in [-0.25, -0.2) is 0 Å². The Morgan fingerprint density at radius 2 is 1.68 bits per heavy atom. The normalized spacial score (nSPS) is 10.3. The summed E-state index contributed by atoms with van der Waals surface area (Å²) >= 11 is 15.2. The van der Waals surface area contributed by atoms with Gasteiger partial charge in [0.2, 0.25) is 0 Å². The maximum Gasteiger partial charge on any atom is 0.193 e. The van der Waals surface area contributed by atoms with Crippen molar-refractivity contribution in [3.05, 3.63) is 62.0 Å². The van der Waals surface area contributed by atoms with Crippen LogP contribution in [0, 0.1) is 0 Å². The smallest absolute Gasteiger partial charge is 0.193 e. The molecule has 19 heavy (non-hydrogen) atoms. The topological polar surface area (TPSA) is 26.3 Å². The molecule has 0 amide bonds. The second-order valence-corrected chi connectivity index (χ2v) is 5.48. The highest BCUT2D eigenvalue weighted by molar-refractivity contribution is 9.10. The number of halogens is 3. The molecule has 2 rings (SSSR count). The number of benzene rings is 2. The van der Waals surface area contributed by atoms with E-state index in [1.165, 1.54) is 7.11 Å². The van der Waals surface area contributed by atoms with Crippen LogP contribution >= 0.6 is 39.1 Å². The van der Waals surface area contributed by atoms with Gasteiger partial charge in [0.05, 0.1) is 17.2 Å². The Morgan fingerprint density at radius 3 is 2.32 bits per heavy atom. The molecule has 0 N–H and O–H groups in total. The van der Waals surface area contributed by atoms with E-state index in [4.69, 9.17) is 27.9 Å². The monoisotopic (exact) mass is 358 g/mol. The summed E-state index contributed by atoms with van der Waals surface area (Å²) in [6.45, 7) is 0. The van der Waals surface area contributed by atoms with Gasteiger partial charge in [-0.1, -0.05) is 23.2 Å². The third kappa shape index (κ3) is 3.11. The number of methoxy groups -OCH3 is 1. The predicted octanol–water partition coefficient (Wildman–Crippen LogP) is 5.00. The quantitative estimate of drug-likeness (QED) is 0.721. The highest BCUT2D eigenvalue weighted by atomic mass is 79.9. The third-order valence-corrected chi connectivity index (χ3v) is 4.14. The largest absolute Gasteiger partial charge is 0.495 e. The van der Waals surface area contributed by atoms with E-state index in [1.54, 1.807) is 36.4 Å². The fourth-order valence-corrected chi connectivity index (χ4v) is 2.23. The lowest BCUT2D eigenvalue weighted by Gasteiger charge is -2.07. The minimum Gasteiger partial charge on any atom is -0.495 e. The summed E-state index contributed by atoms with van der Waals surface area (Å²) in [5, 5.41) is 0.958. The minimum absolute atomic E-state index is 0.135. The van der Waals surface area contributed by atoms with Crippen LogP contribution in [0.5, 0.6) is 5.75 Å². The number of carbonyl (C=O) groups excluding carboxylic acids is 1. The van der Waals surface area contributed by atoms with Gasteiger partial charge in [0.1, 0.15) is 5.75 Å². The second kappa shape index (κ2) is 5.95. The minimum atomic E-state index is -0.135. The van der Waals surface area contributed by atoms with E-state index >= 15 is 0 Å². The first-order valence-electron chi connectivity index (χ1n) is 5.36. The molecule has 2 aromatic rings. The van der Waals surface area contributed by atoms with E-state index in [2.05, 4.69) is 15.9 Å². The molecule has 5 heteroatoms. The molecule has 0 heterocycles. The molecule has 0 aliphatic carbocycles. The van der Waals surface area contributed by atoms with Crippen LogP contribution in [0.3, 0.4) is 0 Å². The highest BCUT2D eigenvalue weighted by Crippen LogP contribution is 2.28. The zero-order valence-corrected chi connectivity index (χ0v) is 13.0. The molecule has 0 atom stereocenters. The first-order valence-corrected chi connectivity index (χ1v) is 6.91. The average molecular weight is 360 g/mol. The fourth-order valence-electron chi connectivity index (χ4n) is 1.61. The van der Waals surface area contributed by atoms with Gasteiger partial charge in [-0.05, 0) is 52.3 Å². The van der Waals surface area contributed by atoms with Gasteiger partial charge in [0, 0.05) is 15.6 Å². The van der Waals surface area contributed by atoms with Crippen LogP contribution in [-0.4, -0.2) is 12.9 Å². The van der Waals surface area contributed by atoms with E-state index in [1.807, 2.05) is 0 Å². The number of ether oxygens (including phenoxy) is 1. The van der Waals surface area contributed by atoms with Crippen LogP contribution in [0.15, 0.2) is 40.9 Å². The predicted molar refractivity (Wildman–Crippen MR) is 80.6 cm³/mol. The highest BCUT2D eigenvalue weighted by Gasteiger charge is 2.13. The molecule has 0 aliphatic rings. The summed E-state index contributed by atoms with van der Waals surface area (Å²) in [4.78, 5) is 12.3. The molecule has 0 saturated heterocycles. The summed E-state index contributed by atoms with van der Waals surface area (Å²) in [6, 6.07) is 9.97. The number of carbonyl (C=O) groups is 1. The van der Waals surface area contributed by atoms with Gasteiger partial charge >= 0.3 is 0 Å². The summed E-state index contributed by atoms with van der Waals surface area (Å²) in [7, 11) is 1.51. The standard InChI is InChI=1S/C14H9BrCl2O2/c1-19-13-7-9(3-5-11(13)16)14(18)8-2-4-10(15)12(17)6-8/h2-7H,1H3. The third-order valence-electron chi connectivity index (χ3n) is 2.60. The molecular formula is C14H9BrCl2O2. The number of hydrogen-bond acceptors (Lipinski definition) is 2. The van der Waals surface area contributed by atoms with Crippen molar-refractivity contribution in [2.75, 3.05) is 7.11 Å². The van der Waals surface area contributed by atoms with Gasteiger partial charge in [0.25, 0.3) is 0 Å². The van der Waals surface area contributed by atoms with E-state index in [-0.39, 0.29) is 5.78 Å². The molecule has 0 spiro atoms. The first kappa shape index (κ1) is 14.4. The SMILES string of the molecule is COc1cc(C(=O)c2ccc(Br)c(Cl)c2)ccc1Cl. The molecule has 0 radical (unpaired) electrons. The fraction of sp³-hybridized carbons (Fsp3) is 0.0714. The van der Waals surface area contributed by atoms with Crippen molar-refractivity contribution in [1.82, 2.24) is 0 Å². The summed E-state index contributed by atoms with van der Waals surface area (Å²) in [5.74, 6) is 0.333. The first-order chi connectivity index (χ1) is 9.02. The van der Waals surface area contributed by atoms with Crippen molar-refractivity contribution in [2.24, 2.45) is 0 Å². The van der Waals surface area contributed by atoms with Crippen molar-refractivity contribution < 1.29 is 9.53 Å². The Hall–Kier alpha value is -1.03. The molecule has 0 unspecified atom stereocenters. The van der Waals surface area contributed by atoms with Crippen LogP contribution in [0.1, 0.15) is 15.9 Å². The Labute approximate surface area is 129 Å². The number of ketones is 1. The lowest BCUT2D eigenvalue weighted by Crippen LogP contribution is -2.01. The van der Waals surface area contributed by atoms with Gasteiger partial charge in [-0.15, -0.1) is 0 Å². The molecule has 98 valence electrons. The van der Waals surface area contributed by atoms with Gasteiger partial charge < -0.3 is 4.74 Å². The summed E-state index contributed by atoms with van der Waals surface area (Å²) in [6.07, 6.45) is 0. The van der Waals surface area contributed by atoms with E-state index < -0.39 is 0 Å². The lowest BCUT2D eigenvalue weighted by molar-refractivity contribution is 0.103. The molecule has 2 nitrogen and oxygen atoms in total. The Balaban J connectivity index is 2.41. The average Bonchev–Trinajstić information content (AvgIpc) is 2.41. The van der Waals surface area contributed by atoms with Crippen molar-refractivity contribution in [3.63, 3.8) is 0 Å². The maximum absolute atomic E-state index is 12.3. The zero-order chi connectivity index (χ0) is 14.0. The van der Waals surface area contributed by atoms with Crippen molar-refractivity contribution in [3.8, 4) is 5.75 Å². The lowest BCUT2D eigenvalue weighted by atomic mass is 10.0. The van der Waals surface area contributed by atoms with E-state index in [9.17, 15) is 4.79 Å². The maximum atomic E-state index is 12.3. The Bertz CT molecular complexity index is 641. The zero-order valence-electron chi connectivity index (χ0n) is 9.91. The molecule has 2 aromatic carbocycles. The summed E-state index contributed by atoms with van der Waals surface area (Å²) < 4.78 is 5.85. The van der Waals surface area contributed by atoms with Crippen LogP contribution in [-0.2, 0) is 0 Å². The van der Waals surface area contributed by atoms with Crippen molar-refractivity contribution >= 4 is 44.9 Å². The van der Waals surface area contributed by atoms with Gasteiger partial charge in [0.15, 0.2) is 5.78 Å². The Kier molecular flexibility index (Phi) is 4.50. The second-order valence-electron chi connectivity index (χ2n) is 3.81. The molecule has 0 saturated carbocycles. The molecule has 0 aromatic heterocycles. The van der Waals surface area contributed by atoms with E-state index in [0.29, 0.717) is 26.9 Å². The number of rotatable bonds is 3. The molecule has 0 aliphatic heterocycles. The number of hydrogen-bond donors (Lipinski definition) is 0. The molecule has 0 bridgehead atoms. The van der Waals surface area contributed by atoms with Crippen LogP contribution in [0.25, 0.3) is 0 Å². The van der Waals surface area contributed by atoms with Crippen LogP contribution in [0.2, 0.25) is 10.0 Å². The molecule has 0 fully saturated rings. The van der Waals surface area contributed by atoms with E-state index in [0.717, 1.165) is 4.47 Å². The van der Waals surface area contributed by atoms with Gasteiger partial charge in [-0.3, -0.25) is 4.79 Å². The Morgan fingerprint density at radius 1 is 1.05 bits per heavy atom.